The standard InChI is InChI=1S/C32H65/c1-8-9-10-12-16-23-30(5)25-20-27-32(7)31(6)26-19-18-24-29(4)22-17-14-11-13-15-21-28(2)3/h28-32H,6,8-27H2,1-5,7H3. The molecule has 0 saturated heterocycles. The molecule has 1 radical (unpaired) electrons. The van der Waals surface area contributed by atoms with Gasteiger partial charge >= 0.3 is 0 Å². The summed E-state index contributed by atoms with van der Waals surface area (Å²) in [5, 5.41) is 0. The van der Waals surface area contributed by atoms with Crippen molar-refractivity contribution >= 4 is 0 Å². The lowest BCUT2D eigenvalue weighted by atomic mass is 9.85. The average Bonchev–Trinajstić information content (AvgIpc) is 2.75. The number of hydrogen-bond donors (Lipinski definition) is 0. The van der Waals surface area contributed by atoms with Gasteiger partial charge in [-0.25, -0.2) is 0 Å². The summed E-state index contributed by atoms with van der Waals surface area (Å²) in [6.07, 6.45) is 28.5. The second-order valence-corrected chi connectivity index (χ2v) is 12.1. The normalized spacial score (nSPS) is 15.8. The first kappa shape index (κ1) is 32.0. The molecule has 0 aromatic heterocycles. The van der Waals surface area contributed by atoms with E-state index >= 15 is 0 Å². The van der Waals surface area contributed by atoms with Gasteiger partial charge in [-0.1, -0.05) is 170 Å². The van der Waals surface area contributed by atoms with Crippen LogP contribution < -0.4 is 0 Å². The van der Waals surface area contributed by atoms with Crippen LogP contribution in [0.15, 0.2) is 0 Å². The Morgan fingerprint density at radius 2 is 0.844 bits per heavy atom. The van der Waals surface area contributed by atoms with Crippen LogP contribution in [-0.2, 0) is 0 Å². The average molecular weight is 450 g/mol. The van der Waals surface area contributed by atoms with Crippen LogP contribution in [0, 0.1) is 36.5 Å². The molecule has 0 aromatic carbocycles. The zero-order chi connectivity index (χ0) is 24.0. The van der Waals surface area contributed by atoms with Crippen LogP contribution >= 0.6 is 0 Å². The van der Waals surface area contributed by atoms with Crippen molar-refractivity contribution in [2.75, 3.05) is 0 Å². The van der Waals surface area contributed by atoms with Gasteiger partial charge in [-0.05, 0) is 36.5 Å². The van der Waals surface area contributed by atoms with E-state index in [1.165, 1.54) is 128 Å². The molecule has 0 amide bonds. The van der Waals surface area contributed by atoms with Gasteiger partial charge in [0.1, 0.15) is 0 Å². The largest absolute Gasteiger partial charge is 0.0654 e. The summed E-state index contributed by atoms with van der Waals surface area (Å²) in [5.41, 5.74) is 0. The van der Waals surface area contributed by atoms with Crippen molar-refractivity contribution < 1.29 is 0 Å². The fourth-order valence-electron chi connectivity index (χ4n) is 5.17. The Kier molecular flexibility index (Phi) is 22.8. The Morgan fingerprint density at radius 1 is 0.438 bits per heavy atom. The van der Waals surface area contributed by atoms with Crippen molar-refractivity contribution in [3.63, 3.8) is 0 Å². The van der Waals surface area contributed by atoms with Crippen LogP contribution in [0.3, 0.4) is 0 Å². The molecule has 0 aliphatic rings. The zero-order valence-electron chi connectivity index (χ0n) is 23.7. The molecule has 32 heavy (non-hydrogen) atoms. The predicted octanol–water partition coefficient (Wildman–Crippen LogP) is 11.8. The summed E-state index contributed by atoms with van der Waals surface area (Å²) in [4.78, 5) is 0. The Bertz CT molecular complexity index is 357. The van der Waals surface area contributed by atoms with E-state index in [2.05, 4.69) is 48.5 Å². The summed E-state index contributed by atoms with van der Waals surface area (Å²) < 4.78 is 0. The summed E-state index contributed by atoms with van der Waals surface area (Å²) >= 11 is 0. The van der Waals surface area contributed by atoms with Gasteiger partial charge in [-0.15, -0.1) is 0 Å². The van der Waals surface area contributed by atoms with E-state index in [0.29, 0.717) is 5.92 Å². The predicted molar refractivity (Wildman–Crippen MR) is 149 cm³/mol. The maximum absolute atomic E-state index is 4.53. The van der Waals surface area contributed by atoms with E-state index in [-0.39, 0.29) is 0 Å². The van der Waals surface area contributed by atoms with Crippen LogP contribution in [0.25, 0.3) is 0 Å². The van der Waals surface area contributed by atoms with Crippen molar-refractivity contribution in [1.29, 1.82) is 0 Å². The van der Waals surface area contributed by atoms with Gasteiger partial charge in [-0.2, -0.15) is 0 Å². The van der Waals surface area contributed by atoms with E-state index in [4.69, 9.17) is 0 Å². The third-order valence-corrected chi connectivity index (χ3v) is 7.96. The minimum absolute atomic E-state index is 0.667. The minimum Gasteiger partial charge on any atom is -0.0654 e. The van der Waals surface area contributed by atoms with Crippen LogP contribution in [0.4, 0.5) is 0 Å². The van der Waals surface area contributed by atoms with Crippen LogP contribution in [0.1, 0.15) is 170 Å². The van der Waals surface area contributed by atoms with Gasteiger partial charge in [0.25, 0.3) is 0 Å². The molecular weight excluding hydrogens is 384 g/mol. The van der Waals surface area contributed by atoms with E-state index in [1.807, 2.05) is 0 Å². The van der Waals surface area contributed by atoms with Crippen molar-refractivity contribution in [3.8, 4) is 0 Å². The molecule has 0 spiro atoms. The first-order valence-corrected chi connectivity index (χ1v) is 15.2. The van der Waals surface area contributed by atoms with Gasteiger partial charge in [0.15, 0.2) is 0 Å². The van der Waals surface area contributed by atoms with Gasteiger partial charge < -0.3 is 0 Å². The van der Waals surface area contributed by atoms with Crippen molar-refractivity contribution in [3.05, 3.63) is 6.92 Å². The third kappa shape index (κ3) is 21.8. The highest BCUT2D eigenvalue weighted by molar-refractivity contribution is 4.70. The molecule has 0 nitrogen and oxygen atoms in total. The maximum Gasteiger partial charge on any atom is -0.0388 e. The lowest BCUT2D eigenvalue weighted by Gasteiger charge is -2.21. The highest BCUT2D eigenvalue weighted by Crippen LogP contribution is 2.26. The molecule has 4 unspecified atom stereocenters. The third-order valence-electron chi connectivity index (χ3n) is 7.96. The summed E-state index contributed by atoms with van der Waals surface area (Å²) in [6, 6.07) is 0. The molecule has 0 rings (SSSR count). The molecule has 0 saturated carbocycles. The summed E-state index contributed by atoms with van der Waals surface area (Å²) in [7, 11) is 0. The smallest absolute Gasteiger partial charge is 0.0388 e. The topological polar surface area (TPSA) is 0 Å². The highest BCUT2D eigenvalue weighted by Gasteiger charge is 2.13. The molecule has 0 heteroatoms. The molecule has 0 aromatic rings. The fourth-order valence-corrected chi connectivity index (χ4v) is 5.17. The zero-order valence-corrected chi connectivity index (χ0v) is 23.7. The minimum atomic E-state index is 0.667. The van der Waals surface area contributed by atoms with Crippen molar-refractivity contribution in [1.82, 2.24) is 0 Å². The van der Waals surface area contributed by atoms with Crippen LogP contribution in [0.2, 0.25) is 0 Å². The monoisotopic (exact) mass is 450 g/mol. The Balaban J connectivity index is 3.56. The van der Waals surface area contributed by atoms with Gasteiger partial charge in [0.2, 0.25) is 0 Å². The molecule has 0 heterocycles. The maximum atomic E-state index is 4.53. The van der Waals surface area contributed by atoms with Crippen LogP contribution in [-0.4, -0.2) is 0 Å². The van der Waals surface area contributed by atoms with E-state index in [9.17, 15) is 0 Å². The first-order chi connectivity index (χ1) is 15.4. The number of unbranched alkanes of at least 4 members (excludes halogenated alkanes) is 9. The SMILES string of the molecule is [CH2]C(CCCCC(C)CCCCCCCC(C)C)C(C)CCCC(C)CCCCCCC. The molecule has 193 valence electrons. The fraction of sp³-hybridized carbons (Fsp3) is 0.969. The molecule has 0 aliphatic heterocycles. The summed E-state index contributed by atoms with van der Waals surface area (Å²) in [5.74, 6) is 4.21. The number of rotatable bonds is 24. The van der Waals surface area contributed by atoms with E-state index in [0.717, 1.165) is 23.7 Å². The lowest BCUT2D eigenvalue weighted by molar-refractivity contribution is 0.332. The lowest BCUT2D eigenvalue weighted by Crippen LogP contribution is -2.09. The van der Waals surface area contributed by atoms with E-state index < -0.39 is 0 Å². The van der Waals surface area contributed by atoms with Crippen LogP contribution in [0.5, 0.6) is 0 Å². The molecule has 0 aliphatic carbocycles. The van der Waals surface area contributed by atoms with Gasteiger partial charge in [-0.3, -0.25) is 0 Å². The van der Waals surface area contributed by atoms with Gasteiger partial charge in [0, 0.05) is 0 Å². The quantitative estimate of drug-likeness (QED) is 0.128. The second kappa shape index (κ2) is 22.8. The Morgan fingerprint density at radius 3 is 1.38 bits per heavy atom. The van der Waals surface area contributed by atoms with Crippen molar-refractivity contribution in [2.45, 2.75) is 170 Å². The summed E-state index contributed by atoms with van der Waals surface area (Å²) in [6.45, 7) is 18.9. The number of hydrogen-bond acceptors (Lipinski definition) is 0. The Hall–Kier alpha value is 0. The molecule has 0 N–H and O–H groups in total. The van der Waals surface area contributed by atoms with Gasteiger partial charge in [0.05, 0.1) is 0 Å². The Labute approximate surface area is 206 Å². The molecule has 4 atom stereocenters. The van der Waals surface area contributed by atoms with E-state index in [1.54, 1.807) is 0 Å². The molecule has 0 fully saturated rings. The first-order valence-electron chi connectivity index (χ1n) is 15.2. The van der Waals surface area contributed by atoms with Crippen molar-refractivity contribution in [2.24, 2.45) is 29.6 Å². The second-order valence-electron chi connectivity index (χ2n) is 12.1. The molecular formula is C32H65. The highest BCUT2D eigenvalue weighted by atomic mass is 14.2. The molecule has 0 bridgehead atoms.